The van der Waals surface area contributed by atoms with Crippen LogP contribution in [0.2, 0.25) is 0 Å². The van der Waals surface area contributed by atoms with E-state index in [4.69, 9.17) is 9.94 Å². The standard InChI is InChI=1S/C15H22N2O3/c1-17(2)7-8-20-14-6-5-11-3-4-12(15(18)16-19)9-13(11)10-14/h5-6,10,12,19H,3-4,7-9H2,1-2H3,(H,16,18). The molecule has 0 spiro atoms. The first kappa shape index (κ1) is 14.8. The molecule has 2 N–H and O–H groups in total. The van der Waals surface area contributed by atoms with Crippen LogP contribution in [0.3, 0.4) is 0 Å². The first-order chi connectivity index (χ1) is 9.60. The van der Waals surface area contributed by atoms with E-state index in [0.717, 1.165) is 30.7 Å². The van der Waals surface area contributed by atoms with Crippen molar-refractivity contribution in [3.05, 3.63) is 29.3 Å². The molecule has 110 valence electrons. The third-order valence-electron chi connectivity index (χ3n) is 3.69. The van der Waals surface area contributed by atoms with Crippen LogP contribution in [-0.4, -0.2) is 43.3 Å². The van der Waals surface area contributed by atoms with Crippen LogP contribution in [0.4, 0.5) is 0 Å². The molecule has 0 saturated carbocycles. The van der Waals surface area contributed by atoms with E-state index in [2.05, 4.69) is 11.0 Å². The number of ether oxygens (including phenoxy) is 1. The Hall–Kier alpha value is -1.59. The van der Waals surface area contributed by atoms with Gasteiger partial charge in [0.05, 0.1) is 0 Å². The molecule has 0 radical (unpaired) electrons. The normalized spacial score (nSPS) is 17.7. The lowest BCUT2D eigenvalue weighted by Gasteiger charge is -2.23. The van der Waals surface area contributed by atoms with Crippen LogP contribution in [-0.2, 0) is 17.6 Å². The Bertz CT molecular complexity index is 474. The maximum Gasteiger partial charge on any atom is 0.246 e. The lowest BCUT2D eigenvalue weighted by molar-refractivity contribution is -0.133. The van der Waals surface area contributed by atoms with Crippen LogP contribution >= 0.6 is 0 Å². The number of fused-ring (bicyclic) bond motifs is 1. The number of amides is 1. The summed E-state index contributed by atoms with van der Waals surface area (Å²) < 4.78 is 5.71. The zero-order valence-electron chi connectivity index (χ0n) is 12.1. The number of carbonyl (C=O) groups excluding carboxylic acids is 1. The highest BCUT2D eigenvalue weighted by molar-refractivity contribution is 5.78. The Labute approximate surface area is 119 Å². The van der Waals surface area contributed by atoms with E-state index in [1.54, 1.807) is 5.48 Å². The van der Waals surface area contributed by atoms with Gasteiger partial charge in [0.25, 0.3) is 0 Å². The van der Waals surface area contributed by atoms with Gasteiger partial charge in [0.1, 0.15) is 12.4 Å². The lowest BCUT2D eigenvalue weighted by atomic mass is 9.83. The molecule has 5 heteroatoms. The monoisotopic (exact) mass is 278 g/mol. The van der Waals surface area contributed by atoms with E-state index in [0.29, 0.717) is 13.0 Å². The summed E-state index contributed by atoms with van der Waals surface area (Å²) in [6.07, 6.45) is 2.30. The summed E-state index contributed by atoms with van der Waals surface area (Å²) in [5.41, 5.74) is 4.17. The van der Waals surface area contributed by atoms with Crippen LogP contribution in [0.5, 0.6) is 5.75 Å². The predicted octanol–water partition coefficient (Wildman–Crippen LogP) is 1.24. The number of nitrogens with zero attached hydrogens (tertiary/aromatic N) is 1. The molecule has 1 aromatic rings. The van der Waals surface area contributed by atoms with E-state index < -0.39 is 0 Å². The largest absolute Gasteiger partial charge is 0.492 e. The number of hydrogen-bond donors (Lipinski definition) is 2. The highest BCUT2D eigenvalue weighted by Crippen LogP contribution is 2.28. The van der Waals surface area contributed by atoms with E-state index >= 15 is 0 Å². The molecule has 0 fully saturated rings. The van der Waals surface area contributed by atoms with Crippen molar-refractivity contribution < 1.29 is 14.7 Å². The molecule has 0 aromatic heterocycles. The van der Waals surface area contributed by atoms with Crippen LogP contribution < -0.4 is 10.2 Å². The van der Waals surface area contributed by atoms with Gasteiger partial charge in [-0.3, -0.25) is 10.0 Å². The van der Waals surface area contributed by atoms with E-state index in [-0.39, 0.29) is 11.8 Å². The fraction of sp³-hybridized carbons (Fsp3) is 0.533. The van der Waals surface area contributed by atoms with Gasteiger partial charge >= 0.3 is 0 Å². The van der Waals surface area contributed by atoms with Gasteiger partial charge in [-0.2, -0.15) is 0 Å². The minimum absolute atomic E-state index is 0.149. The Balaban J connectivity index is 2.01. The Morgan fingerprint density at radius 2 is 2.25 bits per heavy atom. The van der Waals surface area contributed by atoms with E-state index in [1.165, 1.54) is 5.56 Å². The fourth-order valence-electron chi connectivity index (χ4n) is 2.48. The van der Waals surface area contributed by atoms with Crippen LogP contribution in [0.25, 0.3) is 0 Å². The molecule has 1 atom stereocenters. The van der Waals surface area contributed by atoms with Gasteiger partial charge in [-0.25, -0.2) is 5.48 Å². The average Bonchev–Trinajstić information content (AvgIpc) is 2.45. The van der Waals surface area contributed by atoms with Crippen molar-refractivity contribution >= 4 is 5.91 Å². The summed E-state index contributed by atoms with van der Waals surface area (Å²) in [5.74, 6) is 0.398. The maximum absolute atomic E-state index is 11.5. The molecule has 1 unspecified atom stereocenters. The predicted molar refractivity (Wildman–Crippen MR) is 75.9 cm³/mol. The Kier molecular flexibility index (Phi) is 4.98. The number of benzene rings is 1. The molecule has 0 saturated heterocycles. The van der Waals surface area contributed by atoms with Crippen molar-refractivity contribution in [2.75, 3.05) is 27.2 Å². The van der Waals surface area contributed by atoms with Gasteiger partial charge in [0, 0.05) is 12.5 Å². The molecular weight excluding hydrogens is 256 g/mol. The quantitative estimate of drug-likeness (QED) is 0.628. The highest BCUT2D eigenvalue weighted by atomic mass is 16.5. The number of carbonyl (C=O) groups is 1. The molecule has 20 heavy (non-hydrogen) atoms. The third kappa shape index (κ3) is 3.71. The molecule has 0 heterocycles. The van der Waals surface area contributed by atoms with Gasteiger partial charge in [-0.15, -0.1) is 0 Å². The summed E-state index contributed by atoms with van der Waals surface area (Å²) in [4.78, 5) is 13.6. The minimum atomic E-state index is -0.297. The molecule has 1 aliphatic carbocycles. The number of nitrogens with one attached hydrogen (secondary N) is 1. The Morgan fingerprint density at radius 1 is 1.45 bits per heavy atom. The van der Waals surface area contributed by atoms with Crippen LogP contribution in [0.1, 0.15) is 17.5 Å². The Morgan fingerprint density at radius 3 is 2.95 bits per heavy atom. The molecule has 0 bridgehead atoms. The first-order valence-electron chi connectivity index (χ1n) is 6.93. The summed E-state index contributed by atoms with van der Waals surface area (Å²) in [7, 11) is 4.02. The SMILES string of the molecule is CN(C)CCOc1ccc2c(c1)CC(C(=O)NO)CC2. The summed E-state index contributed by atoms with van der Waals surface area (Å²) >= 11 is 0. The molecule has 2 rings (SSSR count). The number of likely N-dealkylation sites (N-methyl/N-ethyl adjacent to an activating group) is 1. The second-order valence-corrected chi connectivity index (χ2v) is 5.50. The van der Waals surface area contributed by atoms with Crippen molar-refractivity contribution in [3.63, 3.8) is 0 Å². The number of hydroxylamine groups is 1. The van der Waals surface area contributed by atoms with Gasteiger partial charge < -0.3 is 9.64 Å². The van der Waals surface area contributed by atoms with Crippen molar-refractivity contribution in [1.29, 1.82) is 0 Å². The highest BCUT2D eigenvalue weighted by Gasteiger charge is 2.24. The van der Waals surface area contributed by atoms with Crippen molar-refractivity contribution in [2.45, 2.75) is 19.3 Å². The minimum Gasteiger partial charge on any atom is -0.492 e. The van der Waals surface area contributed by atoms with Crippen LogP contribution in [0, 0.1) is 5.92 Å². The molecule has 5 nitrogen and oxygen atoms in total. The van der Waals surface area contributed by atoms with E-state index in [9.17, 15) is 4.79 Å². The first-order valence-corrected chi connectivity index (χ1v) is 6.93. The van der Waals surface area contributed by atoms with Gasteiger partial charge in [0.2, 0.25) is 5.91 Å². The van der Waals surface area contributed by atoms with Crippen molar-refractivity contribution in [3.8, 4) is 5.75 Å². The number of aryl methyl sites for hydroxylation is 1. The van der Waals surface area contributed by atoms with Gasteiger partial charge in [0.15, 0.2) is 0 Å². The molecular formula is C15H22N2O3. The molecule has 1 amide bonds. The third-order valence-corrected chi connectivity index (χ3v) is 3.69. The zero-order valence-corrected chi connectivity index (χ0v) is 12.1. The number of hydrogen-bond acceptors (Lipinski definition) is 4. The smallest absolute Gasteiger partial charge is 0.246 e. The van der Waals surface area contributed by atoms with Crippen LogP contribution in [0.15, 0.2) is 18.2 Å². The summed E-state index contributed by atoms with van der Waals surface area (Å²) in [6, 6.07) is 6.08. The maximum atomic E-state index is 11.5. The molecule has 1 aliphatic rings. The second kappa shape index (κ2) is 6.72. The second-order valence-electron chi connectivity index (χ2n) is 5.50. The average molecular weight is 278 g/mol. The summed E-state index contributed by atoms with van der Waals surface area (Å²) in [5, 5.41) is 8.73. The molecule has 1 aromatic carbocycles. The van der Waals surface area contributed by atoms with E-state index in [1.807, 2.05) is 26.2 Å². The topological polar surface area (TPSA) is 61.8 Å². The van der Waals surface area contributed by atoms with Gasteiger partial charge in [-0.05, 0) is 56.6 Å². The summed E-state index contributed by atoms with van der Waals surface area (Å²) in [6.45, 7) is 1.51. The zero-order chi connectivity index (χ0) is 14.5. The number of rotatable bonds is 5. The fourth-order valence-corrected chi connectivity index (χ4v) is 2.48. The van der Waals surface area contributed by atoms with Crippen molar-refractivity contribution in [1.82, 2.24) is 10.4 Å². The van der Waals surface area contributed by atoms with Gasteiger partial charge in [-0.1, -0.05) is 6.07 Å². The van der Waals surface area contributed by atoms with Crippen molar-refractivity contribution in [2.24, 2.45) is 5.92 Å². The molecule has 0 aliphatic heterocycles. The lowest BCUT2D eigenvalue weighted by Crippen LogP contribution is -2.31.